The summed E-state index contributed by atoms with van der Waals surface area (Å²) >= 11 is 0. The highest BCUT2D eigenvalue weighted by atomic mass is 16.5. The molecule has 0 aliphatic heterocycles. The second-order valence-corrected chi connectivity index (χ2v) is 5.52. The molecule has 4 rings (SSSR count). The molecule has 1 aliphatic carbocycles. The molecule has 112 valence electrons. The van der Waals surface area contributed by atoms with Crippen LogP contribution in [0.4, 0.5) is 0 Å². The number of phenols is 1. The van der Waals surface area contributed by atoms with Gasteiger partial charge in [0.2, 0.25) is 0 Å². The van der Waals surface area contributed by atoms with Crippen LogP contribution >= 0.6 is 0 Å². The first-order valence-electron chi connectivity index (χ1n) is 7.42. The molecule has 0 spiro atoms. The summed E-state index contributed by atoms with van der Waals surface area (Å²) in [5, 5.41) is 11.6. The Morgan fingerprint density at radius 2 is 1.70 bits per heavy atom. The van der Waals surface area contributed by atoms with Crippen molar-refractivity contribution in [1.29, 1.82) is 0 Å². The van der Waals surface area contributed by atoms with Crippen molar-refractivity contribution in [2.45, 2.75) is 6.10 Å². The Balaban J connectivity index is 1.69. The third kappa shape index (κ3) is 2.36. The van der Waals surface area contributed by atoms with Crippen LogP contribution in [0, 0.1) is 0 Å². The van der Waals surface area contributed by atoms with E-state index in [-0.39, 0.29) is 5.75 Å². The van der Waals surface area contributed by atoms with Gasteiger partial charge in [-0.15, -0.1) is 0 Å². The van der Waals surface area contributed by atoms with Crippen LogP contribution < -0.4 is 0 Å². The summed E-state index contributed by atoms with van der Waals surface area (Å²) in [7, 11) is 0. The third-order valence-corrected chi connectivity index (χ3v) is 4.06. The summed E-state index contributed by atoms with van der Waals surface area (Å²) in [6.07, 6.45) is 3.48. The summed E-state index contributed by atoms with van der Waals surface area (Å²) in [4.78, 5) is 12.3. The maximum Gasteiger partial charge on any atom is 0.339 e. The van der Waals surface area contributed by atoms with Gasteiger partial charge >= 0.3 is 5.97 Å². The minimum atomic E-state index is -0.407. The number of carbonyl (C=O) groups excluding carboxylic acids is 1. The van der Waals surface area contributed by atoms with E-state index in [1.54, 1.807) is 12.1 Å². The minimum absolute atomic E-state index is 0.123. The molecule has 3 heteroatoms. The maximum absolute atomic E-state index is 12.3. The van der Waals surface area contributed by atoms with E-state index in [4.69, 9.17) is 4.74 Å². The fraction of sp³-hybridized carbons (Fsp3) is 0.0500. The number of ether oxygens (including phenoxy) is 1. The van der Waals surface area contributed by atoms with Gasteiger partial charge in [-0.1, -0.05) is 42.5 Å². The Bertz CT molecular complexity index is 918. The Morgan fingerprint density at radius 3 is 2.48 bits per heavy atom. The van der Waals surface area contributed by atoms with Crippen LogP contribution in [-0.2, 0) is 4.74 Å². The first-order valence-corrected chi connectivity index (χ1v) is 7.42. The van der Waals surface area contributed by atoms with Crippen molar-refractivity contribution in [2.75, 3.05) is 0 Å². The first kappa shape index (κ1) is 13.6. The number of benzene rings is 3. The molecule has 0 heterocycles. The van der Waals surface area contributed by atoms with E-state index in [1.165, 1.54) is 12.1 Å². The van der Waals surface area contributed by atoms with E-state index in [9.17, 15) is 9.90 Å². The lowest BCUT2D eigenvalue weighted by atomic mass is 9.91. The molecule has 3 aromatic carbocycles. The van der Waals surface area contributed by atoms with Crippen molar-refractivity contribution >= 4 is 22.8 Å². The molecule has 0 amide bonds. The number of carbonyl (C=O) groups is 1. The zero-order chi connectivity index (χ0) is 15.8. The van der Waals surface area contributed by atoms with E-state index in [2.05, 4.69) is 18.2 Å². The smallest absolute Gasteiger partial charge is 0.339 e. The van der Waals surface area contributed by atoms with Crippen molar-refractivity contribution in [3.8, 4) is 5.75 Å². The Labute approximate surface area is 133 Å². The largest absolute Gasteiger partial charge is 0.508 e. The van der Waals surface area contributed by atoms with Crippen molar-refractivity contribution in [3.05, 3.63) is 83.4 Å². The minimum Gasteiger partial charge on any atom is -0.508 e. The number of hydrogen-bond donors (Lipinski definition) is 1. The van der Waals surface area contributed by atoms with Crippen molar-refractivity contribution in [2.24, 2.45) is 0 Å². The van der Waals surface area contributed by atoms with Crippen LogP contribution in [-0.4, -0.2) is 11.1 Å². The molecule has 1 aliphatic rings. The molecule has 0 fully saturated rings. The number of hydrogen-bond acceptors (Lipinski definition) is 3. The van der Waals surface area contributed by atoms with Gasteiger partial charge in [-0.3, -0.25) is 0 Å². The number of aromatic hydroxyl groups is 1. The third-order valence-electron chi connectivity index (χ3n) is 4.06. The zero-order valence-corrected chi connectivity index (χ0v) is 12.3. The average Bonchev–Trinajstić information content (AvgIpc) is 2.58. The highest BCUT2D eigenvalue weighted by molar-refractivity contribution is 5.96. The summed E-state index contributed by atoms with van der Waals surface area (Å²) in [6.45, 7) is 0. The van der Waals surface area contributed by atoms with Gasteiger partial charge in [0.05, 0.1) is 5.56 Å². The molecular weight excluding hydrogens is 288 g/mol. The maximum atomic E-state index is 12.3. The molecule has 0 saturated carbocycles. The number of phenolic OH excluding ortho intramolecular Hbond substituents is 1. The van der Waals surface area contributed by atoms with Gasteiger partial charge in [-0.2, -0.15) is 0 Å². The fourth-order valence-corrected chi connectivity index (χ4v) is 2.95. The van der Waals surface area contributed by atoms with E-state index >= 15 is 0 Å². The standard InChI is InChI=1S/C20H14O3/c21-16-10-7-15(8-11-16)20(22)23-18-12-9-14-4-1-3-13-5-2-6-17(18)19(13)14/h1-12,18,21H. The quantitative estimate of drug-likeness (QED) is 0.710. The first-order chi connectivity index (χ1) is 11.2. The lowest BCUT2D eigenvalue weighted by molar-refractivity contribution is 0.0394. The second-order valence-electron chi connectivity index (χ2n) is 5.52. The molecule has 0 saturated heterocycles. The van der Waals surface area contributed by atoms with Gasteiger partial charge in [0.25, 0.3) is 0 Å². The lowest BCUT2D eigenvalue weighted by Gasteiger charge is -2.21. The molecule has 1 unspecified atom stereocenters. The normalized spacial score (nSPS) is 15.6. The molecule has 3 aromatic rings. The van der Waals surface area contributed by atoms with Gasteiger partial charge < -0.3 is 9.84 Å². The van der Waals surface area contributed by atoms with Crippen LogP contribution in [0.1, 0.15) is 27.6 Å². The fourth-order valence-electron chi connectivity index (χ4n) is 2.95. The van der Waals surface area contributed by atoms with Gasteiger partial charge in [0, 0.05) is 5.56 Å². The van der Waals surface area contributed by atoms with Gasteiger partial charge in [-0.05, 0) is 46.7 Å². The van der Waals surface area contributed by atoms with Gasteiger partial charge in [-0.25, -0.2) is 4.79 Å². The monoisotopic (exact) mass is 302 g/mol. The molecule has 0 aromatic heterocycles. The molecule has 1 atom stereocenters. The zero-order valence-electron chi connectivity index (χ0n) is 12.3. The predicted octanol–water partition coefficient (Wildman–Crippen LogP) is 4.47. The topological polar surface area (TPSA) is 46.5 Å². The predicted molar refractivity (Wildman–Crippen MR) is 89.2 cm³/mol. The highest BCUT2D eigenvalue weighted by Gasteiger charge is 2.21. The molecule has 3 nitrogen and oxygen atoms in total. The SMILES string of the molecule is O=C(OC1C=Cc2cccc3cccc1c23)c1ccc(O)cc1. The lowest BCUT2D eigenvalue weighted by Crippen LogP contribution is -2.12. The van der Waals surface area contributed by atoms with Gasteiger partial charge in [0.1, 0.15) is 11.9 Å². The van der Waals surface area contributed by atoms with Gasteiger partial charge in [0.15, 0.2) is 0 Å². The van der Waals surface area contributed by atoms with E-state index < -0.39 is 12.1 Å². The van der Waals surface area contributed by atoms with Crippen LogP contribution in [0.5, 0.6) is 5.75 Å². The molecule has 23 heavy (non-hydrogen) atoms. The van der Waals surface area contributed by atoms with Crippen LogP contribution in [0.2, 0.25) is 0 Å². The molecular formula is C20H14O3. The van der Waals surface area contributed by atoms with Crippen molar-refractivity contribution in [3.63, 3.8) is 0 Å². The van der Waals surface area contributed by atoms with Crippen LogP contribution in [0.15, 0.2) is 66.7 Å². The van der Waals surface area contributed by atoms with E-state index in [0.717, 1.165) is 21.9 Å². The van der Waals surface area contributed by atoms with Crippen molar-refractivity contribution < 1.29 is 14.6 Å². The molecule has 0 bridgehead atoms. The summed E-state index contributed by atoms with van der Waals surface area (Å²) in [6, 6.07) is 18.2. The van der Waals surface area contributed by atoms with E-state index in [0.29, 0.717) is 5.56 Å². The number of esters is 1. The van der Waals surface area contributed by atoms with Crippen molar-refractivity contribution in [1.82, 2.24) is 0 Å². The van der Waals surface area contributed by atoms with Crippen LogP contribution in [0.25, 0.3) is 16.8 Å². The summed E-state index contributed by atoms with van der Waals surface area (Å²) in [5.74, 6) is -0.283. The summed E-state index contributed by atoms with van der Waals surface area (Å²) < 4.78 is 5.66. The molecule has 0 radical (unpaired) electrons. The average molecular weight is 302 g/mol. The van der Waals surface area contributed by atoms with Crippen LogP contribution in [0.3, 0.4) is 0 Å². The Morgan fingerprint density at radius 1 is 0.957 bits per heavy atom. The molecule has 1 N–H and O–H groups in total. The second kappa shape index (κ2) is 5.29. The highest BCUT2D eigenvalue weighted by Crippen LogP contribution is 2.35. The van der Waals surface area contributed by atoms with E-state index in [1.807, 2.05) is 30.4 Å². The summed E-state index contributed by atoms with van der Waals surface area (Å²) in [5.41, 5.74) is 2.55. The Hall–Kier alpha value is -3.07. The number of rotatable bonds is 2. The Kier molecular flexibility index (Phi) is 3.12.